The minimum Gasteiger partial charge on any atom is -0.332 e. The Bertz CT molecular complexity index is 878. The maximum Gasteiger partial charge on any atom is 0.231 e. The molecular weight excluding hydrogens is 352 g/mol. The molecule has 0 atom stereocenters. The van der Waals surface area contributed by atoms with Gasteiger partial charge < -0.3 is 10.6 Å². The van der Waals surface area contributed by atoms with Crippen LogP contribution in [0.1, 0.15) is 26.5 Å². The quantitative estimate of drug-likeness (QED) is 0.652. The Hall–Kier alpha value is -2.25. The Labute approximate surface area is 155 Å². The van der Waals surface area contributed by atoms with Gasteiger partial charge in [-0.3, -0.25) is 4.79 Å². The Morgan fingerprint density at radius 3 is 2.48 bits per heavy atom. The molecule has 5 nitrogen and oxygen atoms in total. The monoisotopic (exact) mass is 372 g/mol. The third kappa shape index (κ3) is 4.24. The molecule has 0 bridgehead atoms. The number of carbonyl (C=O) groups excluding carboxylic acids is 1. The van der Waals surface area contributed by atoms with E-state index in [1.165, 1.54) is 11.3 Å². The molecule has 3 aromatic rings. The Morgan fingerprint density at radius 1 is 1.08 bits per heavy atom. The standard InChI is InChI=1S/C18H20N4OS2/c1-11-14(25-17(19-11)22-15(23)18(2,3)4)13-10-24-16(21-13)20-12-8-6-5-7-9-12/h5-10H,1-4H3,(H,20,21)(H,19,22,23). The van der Waals surface area contributed by atoms with Crippen LogP contribution in [0.25, 0.3) is 10.6 Å². The topological polar surface area (TPSA) is 66.9 Å². The number of aromatic nitrogens is 2. The maximum absolute atomic E-state index is 12.1. The van der Waals surface area contributed by atoms with E-state index in [9.17, 15) is 4.79 Å². The molecule has 0 fully saturated rings. The number of nitrogens with zero attached hydrogens (tertiary/aromatic N) is 2. The van der Waals surface area contributed by atoms with E-state index in [4.69, 9.17) is 0 Å². The Balaban J connectivity index is 1.78. The van der Waals surface area contributed by atoms with E-state index in [0.717, 1.165) is 27.1 Å². The lowest BCUT2D eigenvalue weighted by Crippen LogP contribution is -2.27. The molecule has 25 heavy (non-hydrogen) atoms. The number of carbonyl (C=O) groups is 1. The highest BCUT2D eigenvalue weighted by atomic mass is 32.1. The fourth-order valence-electron chi connectivity index (χ4n) is 2.05. The number of rotatable bonds is 4. The van der Waals surface area contributed by atoms with Gasteiger partial charge in [-0.2, -0.15) is 0 Å². The van der Waals surface area contributed by atoms with Gasteiger partial charge in [0, 0.05) is 16.5 Å². The Morgan fingerprint density at radius 2 is 1.80 bits per heavy atom. The lowest BCUT2D eigenvalue weighted by atomic mass is 9.96. The van der Waals surface area contributed by atoms with Crippen LogP contribution in [0.15, 0.2) is 35.7 Å². The summed E-state index contributed by atoms with van der Waals surface area (Å²) in [4.78, 5) is 22.2. The van der Waals surface area contributed by atoms with Gasteiger partial charge in [0.2, 0.25) is 5.91 Å². The van der Waals surface area contributed by atoms with Crippen LogP contribution < -0.4 is 10.6 Å². The molecule has 2 heterocycles. The maximum atomic E-state index is 12.1. The number of aryl methyl sites for hydroxylation is 1. The molecule has 7 heteroatoms. The molecule has 0 aliphatic carbocycles. The lowest BCUT2D eigenvalue weighted by molar-refractivity contribution is -0.123. The predicted molar refractivity (Wildman–Crippen MR) is 106 cm³/mol. The largest absolute Gasteiger partial charge is 0.332 e. The average molecular weight is 373 g/mol. The van der Waals surface area contributed by atoms with E-state index in [1.807, 2.05) is 63.4 Å². The van der Waals surface area contributed by atoms with Crippen LogP contribution in [0.3, 0.4) is 0 Å². The highest BCUT2D eigenvalue weighted by Crippen LogP contribution is 2.35. The minimum absolute atomic E-state index is 0.0440. The predicted octanol–water partition coefficient (Wildman–Crippen LogP) is 5.30. The van der Waals surface area contributed by atoms with Crippen molar-refractivity contribution in [1.29, 1.82) is 0 Å². The number of benzene rings is 1. The second kappa shape index (κ2) is 6.93. The fourth-order valence-corrected chi connectivity index (χ4v) is 3.77. The zero-order chi connectivity index (χ0) is 18.0. The van der Waals surface area contributed by atoms with Crippen LogP contribution in [0, 0.1) is 12.3 Å². The van der Waals surface area contributed by atoms with Crippen LogP contribution in [0.5, 0.6) is 0 Å². The first-order valence-electron chi connectivity index (χ1n) is 7.90. The number of anilines is 3. The molecule has 3 rings (SSSR count). The van der Waals surface area contributed by atoms with Crippen molar-refractivity contribution in [2.24, 2.45) is 5.41 Å². The van der Waals surface area contributed by atoms with Gasteiger partial charge in [0.1, 0.15) is 0 Å². The van der Waals surface area contributed by atoms with Crippen LogP contribution in [-0.2, 0) is 4.79 Å². The molecule has 0 spiro atoms. The molecule has 130 valence electrons. The fraction of sp³-hybridized carbons (Fsp3) is 0.278. The van der Waals surface area contributed by atoms with Gasteiger partial charge in [-0.1, -0.05) is 50.3 Å². The van der Waals surface area contributed by atoms with E-state index in [0.29, 0.717) is 5.13 Å². The van der Waals surface area contributed by atoms with Crippen molar-refractivity contribution in [1.82, 2.24) is 9.97 Å². The molecule has 0 aliphatic rings. The van der Waals surface area contributed by atoms with E-state index >= 15 is 0 Å². The summed E-state index contributed by atoms with van der Waals surface area (Å²) in [7, 11) is 0. The molecule has 0 radical (unpaired) electrons. The molecule has 1 aromatic carbocycles. The Kier molecular flexibility index (Phi) is 4.87. The number of hydrogen-bond donors (Lipinski definition) is 2. The normalized spacial score (nSPS) is 11.4. The summed E-state index contributed by atoms with van der Waals surface area (Å²) in [6, 6.07) is 9.94. The third-order valence-electron chi connectivity index (χ3n) is 3.46. The van der Waals surface area contributed by atoms with Crippen molar-refractivity contribution in [2.75, 3.05) is 10.6 Å². The van der Waals surface area contributed by atoms with Gasteiger partial charge in [0.15, 0.2) is 10.3 Å². The molecular formula is C18H20N4OS2. The number of hydrogen-bond acceptors (Lipinski definition) is 6. The average Bonchev–Trinajstić information content (AvgIpc) is 3.14. The van der Waals surface area contributed by atoms with Gasteiger partial charge >= 0.3 is 0 Å². The third-order valence-corrected chi connectivity index (χ3v) is 5.31. The van der Waals surface area contributed by atoms with Crippen molar-refractivity contribution in [3.05, 3.63) is 41.4 Å². The zero-order valence-electron chi connectivity index (χ0n) is 14.6. The summed E-state index contributed by atoms with van der Waals surface area (Å²) < 4.78 is 0. The number of para-hydroxylation sites is 1. The number of thiazole rings is 2. The van der Waals surface area contributed by atoms with Crippen molar-refractivity contribution in [2.45, 2.75) is 27.7 Å². The first kappa shape index (κ1) is 17.6. The first-order valence-corrected chi connectivity index (χ1v) is 9.59. The van der Waals surface area contributed by atoms with E-state index in [-0.39, 0.29) is 5.91 Å². The summed E-state index contributed by atoms with van der Waals surface area (Å²) in [6.07, 6.45) is 0. The molecule has 0 saturated carbocycles. The summed E-state index contributed by atoms with van der Waals surface area (Å²) in [5.41, 5.74) is 2.29. The van der Waals surface area contributed by atoms with Gasteiger partial charge in [-0.05, 0) is 19.1 Å². The molecule has 2 aromatic heterocycles. The molecule has 1 amide bonds. The molecule has 0 aliphatic heterocycles. The van der Waals surface area contributed by atoms with E-state index in [1.54, 1.807) is 11.3 Å². The van der Waals surface area contributed by atoms with E-state index < -0.39 is 5.41 Å². The van der Waals surface area contributed by atoms with Crippen molar-refractivity contribution >= 4 is 44.5 Å². The highest BCUT2D eigenvalue weighted by Gasteiger charge is 2.23. The number of amides is 1. The van der Waals surface area contributed by atoms with Crippen molar-refractivity contribution < 1.29 is 4.79 Å². The van der Waals surface area contributed by atoms with Gasteiger partial charge in [-0.25, -0.2) is 9.97 Å². The number of nitrogens with one attached hydrogen (secondary N) is 2. The van der Waals surface area contributed by atoms with Crippen molar-refractivity contribution in [3.8, 4) is 10.6 Å². The highest BCUT2D eigenvalue weighted by molar-refractivity contribution is 7.20. The van der Waals surface area contributed by atoms with Gasteiger partial charge in [0.25, 0.3) is 0 Å². The minimum atomic E-state index is -0.451. The summed E-state index contributed by atoms with van der Waals surface area (Å²) in [5.74, 6) is -0.0440. The van der Waals surface area contributed by atoms with Crippen molar-refractivity contribution in [3.63, 3.8) is 0 Å². The molecule has 0 unspecified atom stereocenters. The summed E-state index contributed by atoms with van der Waals surface area (Å²) in [6.45, 7) is 7.57. The van der Waals surface area contributed by atoms with Crippen LogP contribution >= 0.6 is 22.7 Å². The molecule has 2 N–H and O–H groups in total. The van der Waals surface area contributed by atoms with E-state index in [2.05, 4.69) is 20.6 Å². The van der Waals surface area contributed by atoms with Gasteiger partial charge in [-0.15, -0.1) is 11.3 Å². The van der Waals surface area contributed by atoms with Crippen LogP contribution in [0.4, 0.5) is 16.0 Å². The zero-order valence-corrected chi connectivity index (χ0v) is 16.2. The lowest BCUT2D eigenvalue weighted by Gasteiger charge is -2.15. The molecule has 0 saturated heterocycles. The van der Waals surface area contributed by atoms with Crippen LogP contribution in [-0.4, -0.2) is 15.9 Å². The summed E-state index contributed by atoms with van der Waals surface area (Å²) in [5, 5.41) is 9.62. The smallest absolute Gasteiger partial charge is 0.231 e. The summed E-state index contributed by atoms with van der Waals surface area (Å²) >= 11 is 2.99. The SMILES string of the molecule is Cc1nc(NC(=O)C(C)(C)C)sc1-c1csc(Nc2ccccc2)n1. The first-order chi connectivity index (χ1) is 11.8. The van der Waals surface area contributed by atoms with Gasteiger partial charge in [0.05, 0.1) is 16.3 Å². The second-order valence-electron chi connectivity index (χ2n) is 6.67. The van der Waals surface area contributed by atoms with Crippen LogP contribution in [0.2, 0.25) is 0 Å². The second-order valence-corrected chi connectivity index (χ2v) is 8.52.